The van der Waals surface area contributed by atoms with E-state index in [2.05, 4.69) is 5.32 Å². The molecule has 1 aliphatic rings. The number of H-pyrrole nitrogens is 1. The van der Waals surface area contributed by atoms with Crippen molar-refractivity contribution in [1.29, 1.82) is 0 Å². The predicted molar refractivity (Wildman–Crippen MR) is 72.2 cm³/mol. The average Bonchev–Trinajstić information content (AvgIpc) is 2.48. The number of aromatic amines is 1. The third-order valence-electron chi connectivity index (χ3n) is 3.57. The van der Waals surface area contributed by atoms with Gasteiger partial charge >= 0.3 is 6.18 Å². The maximum Gasteiger partial charge on any atom is 0.417 e. The number of anilines is 1. The van der Waals surface area contributed by atoms with Crippen molar-refractivity contribution in [2.45, 2.75) is 25.1 Å². The van der Waals surface area contributed by atoms with Crippen LogP contribution in [0, 0.1) is 5.92 Å². The summed E-state index contributed by atoms with van der Waals surface area (Å²) in [6.07, 6.45) is -2.88. The van der Waals surface area contributed by atoms with E-state index in [9.17, 15) is 22.8 Å². The predicted octanol–water partition coefficient (Wildman–Crippen LogP) is 1.09. The van der Waals surface area contributed by atoms with Crippen LogP contribution in [0.25, 0.3) is 0 Å². The Kier molecular flexibility index (Phi) is 4.87. The van der Waals surface area contributed by atoms with Crippen molar-refractivity contribution in [3.8, 4) is 0 Å². The third kappa shape index (κ3) is 3.86. The zero-order valence-electron chi connectivity index (χ0n) is 11.6. The topological polar surface area (TPSA) is 97.2 Å². The van der Waals surface area contributed by atoms with Crippen molar-refractivity contribution in [2.75, 3.05) is 18.5 Å². The van der Waals surface area contributed by atoms with E-state index in [0.29, 0.717) is 38.3 Å². The van der Waals surface area contributed by atoms with Crippen LogP contribution in [-0.2, 0) is 15.7 Å². The van der Waals surface area contributed by atoms with Gasteiger partial charge in [-0.3, -0.25) is 9.59 Å². The number of ether oxygens (including phenoxy) is 1. The van der Waals surface area contributed by atoms with E-state index in [0.717, 1.165) is 0 Å². The Labute approximate surface area is 123 Å². The molecule has 0 aromatic carbocycles. The summed E-state index contributed by atoms with van der Waals surface area (Å²) in [6.45, 7) is 0.964. The Hall–Kier alpha value is -1.87. The van der Waals surface area contributed by atoms with Gasteiger partial charge in [0.1, 0.15) is 5.69 Å². The summed E-state index contributed by atoms with van der Waals surface area (Å²) in [6, 6.07) is -0.314. The van der Waals surface area contributed by atoms with E-state index in [1.165, 1.54) is 0 Å². The first-order chi connectivity index (χ1) is 10.3. The molecule has 2 rings (SSSR count). The molecule has 1 saturated heterocycles. The maximum absolute atomic E-state index is 12.6. The van der Waals surface area contributed by atoms with E-state index in [-0.39, 0.29) is 5.92 Å². The zero-order chi connectivity index (χ0) is 16.3. The molecule has 1 aliphatic heterocycles. The molecule has 122 valence electrons. The number of rotatable bonds is 3. The molecule has 2 heterocycles. The first kappa shape index (κ1) is 16.5. The molecule has 22 heavy (non-hydrogen) atoms. The molecule has 1 atom stereocenters. The number of halogens is 3. The molecule has 0 aliphatic carbocycles. The highest BCUT2D eigenvalue weighted by Crippen LogP contribution is 2.29. The van der Waals surface area contributed by atoms with Gasteiger partial charge in [0, 0.05) is 19.4 Å². The first-order valence-corrected chi connectivity index (χ1v) is 6.73. The van der Waals surface area contributed by atoms with Gasteiger partial charge in [-0.25, -0.2) is 0 Å². The van der Waals surface area contributed by atoms with Crippen molar-refractivity contribution < 1.29 is 22.7 Å². The Morgan fingerprint density at radius 2 is 2.05 bits per heavy atom. The Balaban J connectivity index is 2.12. The summed E-state index contributed by atoms with van der Waals surface area (Å²) >= 11 is 0. The lowest BCUT2D eigenvalue weighted by atomic mass is 9.92. The number of nitrogens with one attached hydrogen (secondary N) is 2. The number of pyridine rings is 1. The molecule has 0 bridgehead atoms. The molecular weight excluding hydrogens is 303 g/mol. The van der Waals surface area contributed by atoms with Crippen LogP contribution in [0.3, 0.4) is 0 Å². The van der Waals surface area contributed by atoms with E-state index >= 15 is 0 Å². The molecule has 0 radical (unpaired) electrons. The van der Waals surface area contributed by atoms with E-state index in [1.807, 2.05) is 4.98 Å². The van der Waals surface area contributed by atoms with Gasteiger partial charge in [0.25, 0.3) is 5.56 Å². The Morgan fingerprint density at radius 1 is 1.41 bits per heavy atom. The van der Waals surface area contributed by atoms with Crippen molar-refractivity contribution in [1.82, 2.24) is 4.98 Å². The molecule has 1 aromatic rings. The molecular formula is C13H16F3N3O3. The van der Waals surface area contributed by atoms with Crippen LogP contribution in [0.15, 0.2) is 17.1 Å². The van der Waals surface area contributed by atoms with Gasteiger partial charge in [-0.2, -0.15) is 13.2 Å². The molecule has 1 fully saturated rings. The highest BCUT2D eigenvalue weighted by molar-refractivity contribution is 5.94. The Bertz CT molecular complexity index is 594. The fourth-order valence-corrected chi connectivity index (χ4v) is 2.25. The number of hydrogen-bond donors (Lipinski definition) is 3. The number of nitrogens with two attached hydrogens (primary N) is 1. The monoisotopic (exact) mass is 319 g/mol. The van der Waals surface area contributed by atoms with E-state index in [4.69, 9.17) is 10.5 Å². The fraction of sp³-hybridized carbons (Fsp3) is 0.538. The van der Waals surface area contributed by atoms with Gasteiger partial charge in [0.05, 0.1) is 11.6 Å². The minimum atomic E-state index is -4.62. The van der Waals surface area contributed by atoms with Crippen LogP contribution in [0.1, 0.15) is 18.4 Å². The van der Waals surface area contributed by atoms with Gasteiger partial charge < -0.3 is 20.8 Å². The lowest BCUT2D eigenvalue weighted by Crippen LogP contribution is -2.44. The summed E-state index contributed by atoms with van der Waals surface area (Å²) in [5.41, 5.74) is 3.47. The second-order valence-corrected chi connectivity index (χ2v) is 5.09. The van der Waals surface area contributed by atoms with Gasteiger partial charge in [-0.15, -0.1) is 0 Å². The molecule has 1 unspecified atom stereocenters. The smallest absolute Gasteiger partial charge is 0.381 e. The summed E-state index contributed by atoms with van der Waals surface area (Å²) in [5.74, 6) is -0.810. The van der Waals surface area contributed by atoms with Crippen molar-refractivity contribution in [3.63, 3.8) is 0 Å². The number of alkyl halides is 3. The molecule has 4 N–H and O–H groups in total. The average molecular weight is 319 g/mol. The molecule has 1 aromatic heterocycles. The van der Waals surface area contributed by atoms with Crippen LogP contribution in [0.4, 0.5) is 18.9 Å². The minimum Gasteiger partial charge on any atom is -0.381 e. The molecule has 0 spiro atoms. The molecule has 9 heteroatoms. The summed E-state index contributed by atoms with van der Waals surface area (Å²) in [7, 11) is 0. The summed E-state index contributed by atoms with van der Waals surface area (Å²) in [4.78, 5) is 25.5. The SMILES string of the molecule is NC(C(=O)Nc1cc(C(F)(F)F)c[nH]c1=O)C1CCOCC1. The van der Waals surface area contributed by atoms with E-state index in [1.54, 1.807) is 0 Å². The van der Waals surface area contributed by atoms with Crippen LogP contribution < -0.4 is 16.6 Å². The van der Waals surface area contributed by atoms with Gasteiger partial charge in [0.15, 0.2) is 0 Å². The lowest BCUT2D eigenvalue weighted by molar-refractivity contribution is -0.137. The highest BCUT2D eigenvalue weighted by atomic mass is 19.4. The quantitative estimate of drug-likeness (QED) is 0.777. The van der Waals surface area contributed by atoms with Crippen LogP contribution in [0.5, 0.6) is 0 Å². The summed E-state index contributed by atoms with van der Waals surface area (Å²) in [5, 5.41) is 2.17. The van der Waals surface area contributed by atoms with Crippen LogP contribution in [0.2, 0.25) is 0 Å². The van der Waals surface area contributed by atoms with Gasteiger partial charge in [-0.05, 0) is 24.8 Å². The fourth-order valence-electron chi connectivity index (χ4n) is 2.25. The van der Waals surface area contributed by atoms with Crippen molar-refractivity contribution >= 4 is 11.6 Å². The van der Waals surface area contributed by atoms with Crippen molar-refractivity contribution in [2.24, 2.45) is 11.7 Å². The number of carbonyl (C=O) groups excluding carboxylic acids is 1. The van der Waals surface area contributed by atoms with Crippen LogP contribution in [-0.4, -0.2) is 30.1 Å². The number of carbonyl (C=O) groups is 1. The number of aromatic nitrogens is 1. The van der Waals surface area contributed by atoms with Crippen molar-refractivity contribution in [3.05, 3.63) is 28.2 Å². The summed E-state index contributed by atoms with van der Waals surface area (Å²) < 4.78 is 43.0. The molecule has 6 nitrogen and oxygen atoms in total. The van der Waals surface area contributed by atoms with Crippen LogP contribution >= 0.6 is 0 Å². The second-order valence-electron chi connectivity index (χ2n) is 5.09. The number of amides is 1. The number of hydrogen-bond acceptors (Lipinski definition) is 4. The molecule has 0 saturated carbocycles. The lowest BCUT2D eigenvalue weighted by Gasteiger charge is -2.26. The zero-order valence-corrected chi connectivity index (χ0v) is 11.6. The maximum atomic E-state index is 12.6. The third-order valence-corrected chi connectivity index (χ3v) is 3.57. The largest absolute Gasteiger partial charge is 0.417 e. The first-order valence-electron chi connectivity index (χ1n) is 6.73. The second kappa shape index (κ2) is 6.49. The van der Waals surface area contributed by atoms with Gasteiger partial charge in [0.2, 0.25) is 5.91 Å². The Morgan fingerprint density at radius 3 is 2.64 bits per heavy atom. The highest BCUT2D eigenvalue weighted by Gasteiger charge is 2.32. The standard InChI is InChI=1S/C13H16F3N3O3/c14-13(15,16)8-5-9(11(20)18-6-8)19-12(21)10(17)7-1-3-22-4-2-7/h5-7,10H,1-4,17H2,(H,18,20)(H,19,21). The van der Waals surface area contributed by atoms with Gasteiger partial charge in [-0.1, -0.05) is 0 Å². The minimum absolute atomic E-state index is 0.126. The van der Waals surface area contributed by atoms with E-state index < -0.39 is 34.9 Å². The normalized spacial score (nSPS) is 18.0. The molecule has 1 amide bonds.